The number of anilines is 2. The molecule has 3 N–H and O–H groups in total. The van der Waals surface area contributed by atoms with Crippen molar-refractivity contribution >= 4 is 17.3 Å². The third-order valence-electron chi connectivity index (χ3n) is 3.13. The van der Waals surface area contributed by atoms with Crippen LogP contribution in [0.3, 0.4) is 0 Å². The number of hydrogen-bond acceptors (Lipinski definition) is 3. The fourth-order valence-electron chi connectivity index (χ4n) is 2.28. The Morgan fingerprint density at radius 1 is 1.25 bits per heavy atom. The van der Waals surface area contributed by atoms with E-state index in [4.69, 9.17) is 0 Å². The molecule has 0 bridgehead atoms. The van der Waals surface area contributed by atoms with Crippen molar-refractivity contribution in [1.82, 2.24) is 5.32 Å². The molecule has 4 nitrogen and oxygen atoms in total. The van der Waals surface area contributed by atoms with E-state index in [1.54, 1.807) is 6.07 Å². The molecule has 2 aliphatic heterocycles. The second-order valence-electron chi connectivity index (χ2n) is 4.19. The maximum absolute atomic E-state index is 13.1. The van der Waals surface area contributed by atoms with Gasteiger partial charge in [-0.2, -0.15) is 0 Å². The van der Waals surface area contributed by atoms with E-state index in [1.807, 2.05) is 0 Å². The van der Waals surface area contributed by atoms with Gasteiger partial charge in [0.2, 0.25) is 5.91 Å². The smallest absolute Gasteiger partial charge is 0.230 e. The Morgan fingerprint density at radius 2 is 2.12 bits per heavy atom. The van der Waals surface area contributed by atoms with E-state index >= 15 is 0 Å². The predicted octanol–water partition coefficient (Wildman–Crippen LogP) is 0.778. The maximum atomic E-state index is 13.1. The number of carbonyl (C=O) groups excluding carboxylic acids is 1. The molecule has 0 spiro atoms. The van der Waals surface area contributed by atoms with Crippen LogP contribution < -0.4 is 16.0 Å². The summed E-state index contributed by atoms with van der Waals surface area (Å²) in [6.07, 6.45) is 0. The SMILES string of the molecule is O=C1Nc2ccc(F)cc2NC2CNCC12. The van der Waals surface area contributed by atoms with Crippen LogP contribution in [0.25, 0.3) is 0 Å². The van der Waals surface area contributed by atoms with Gasteiger partial charge in [0.05, 0.1) is 23.3 Å². The van der Waals surface area contributed by atoms with Gasteiger partial charge in [-0.05, 0) is 18.2 Å². The molecule has 1 aromatic rings. The third kappa shape index (κ3) is 1.44. The number of benzene rings is 1. The van der Waals surface area contributed by atoms with Crippen molar-refractivity contribution in [3.05, 3.63) is 24.0 Å². The summed E-state index contributed by atoms with van der Waals surface area (Å²) in [6.45, 7) is 1.40. The molecule has 0 aromatic heterocycles. The predicted molar refractivity (Wildman–Crippen MR) is 58.8 cm³/mol. The van der Waals surface area contributed by atoms with Crippen molar-refractivity contribution in [2.75, 3.05) is 23.7 Å². The van der Waals surface area contributed by atoms with E-state index in [9.17, 15) is 9.18 Å². The highest BCUT2D eigenvalue weighted by Crippen LogP contribution is 2.29. The first-order chi connectivity index (χ1) is 7.74. The number of carbonyl (C=O) groups is 1. The van der Waals surface area contributed by atoms with Gasteiger partial charge in [-0.25, -0.2) is 4.39 Å². The minimum Gasteiger partial charge on any atom is -0.378 e. The monoisotopic (exact) mass is 221 g/mol. The zero-order valence-electron chi connectivity index (χ0n) is 8.59. The van der Waals surface area contributed by atoms with E-state index in [0.29, 0.717) is 17.9 Å². The average molecular weight is 221 g/mol. The van der Waals surface area contributed by atoms with E-state index in [-0.39, 0.29) is 23.7 Å². The van der Waals surface area contributed by atoms with Crippen LogP contribution >= 0.6 is 0 Å². The third-order valence-corrected chi connectivity index (χ3v) is 3.13. The molecule has 2 unspecified atom stereocenters. The topological polar surface area (TPSA) is 53.2 Å². The number of nitrogens with one attached hydrogen (secondary N) is 3. The summed E-state index contributed by atoms with van der Waals surface area (Å²) >= 11 is 0. The molecule has 1 saturated heterocycles. The molecule has 0 saturated carbocycles. The van der Waals surface area contributed by atoms with Gasteiger partial charge < -0.3 is 16.0 Å². The molecule has 3 rings (SSSR count). The Balaban J connectivity index is 2.01. The standard InChI is InChI=1S/C11H12FN3O/c12-6-1-2-8-9(3-6)14-10-5-13-4-7(10)11(16)15-8/h1-3,7,10,13-14H,4-5H2,(H,15,16). The fourth-order valence-corrected chi connectivity index (χ4v) is 2.28. The lowest BCUT2D eigenvalue weighted by Crippen LogP contribution is -2.33. The normalized spacial score (nSPS) is 27.4. The van der Waals surface area contributed by atoms with Crippen LogP contribution in [0, 0.1) is 11.7 Å². The number of halogens is 1. The van der Waals surface area contributed by atoms with E-state index in [0.717, 1.165) is 6.54 Å². The van der Waals surface area contributed by atoms with E-state index in [2.05, 4.69) is 16.0 Å². The van der Waals surface area contributed by atoms with Crippen molar-refractivity contribution < 1.29 is 9.18 Å². The zero-order valence-corrected chi connectivity index (χ0v) is 8.59. The van der Waals surface area contributed by atoms with Gasteiger partial charge in [0.25, 0.3) is 0 Å². The Labute approximate surface area is 92.2 Å². The Hall–Kier alpha value is -1.62. The van der Waals surface area contributed by atoms with Gasteiger partial charge in [0, 0.05) is 13.1 Å². The first-order valence-corrected chi connectivity index (χ1v) is 5.32. The molecule has 5 heteroatoms. The largest absolute Gasteiger partial charge is 0.378 e. The second-order valence-corrected chi connectivity index (χ2v) is 4.19. The van der Waals surface area contributed by atoms with Crippen molar-refractivity contribution in [3.63, 3.8) is 0 Å². The van der Waals surface area contributed by atoms with E-state index < -0.39 is 0 Å². The highest BCUT2D eigenvalue weighted by Gasteiger charge is 2.35. The van der Waals surface area contributed by atoms with Crippen LogP contribution in [0.1, 0.15) is 0 Å². The molecule has 2 heterocycles. The van der Waals surface area contributed by atoms with Gasteiger partial charge in [-0.15, -0.1) is 0 Å². The zero-order chi connectivity index (χ0) is 11.1. The molecule has 2 aliphatic rings. The summed E-state index contributed by atoms with van der Waals surface area (Å²) in [5.41, 5.74) is 1.31. The van der Waals surface area contributed by atoms with E-state index in [1.165, 1.54) is 12.1 Å². The maximum Gasteiger partial charge on any atom is 0.230 e. The van der Waals surface area contributed by atoms with Crippen LogP contribution in [-0.2, 0) is 4.79 Å². The molecule has 2 atom stereocenters. The second kappa shape index (κ2) is 3.45. The van der Waals surface area contributed by atoms with Gasteiger partial charge in [-0.1, -0.05) is 0 Å². The molecule has 84 valence electrons. The van der Waals surface area contributed by atoms with Crippen molar-refractivity contribution in [2.24, 2.45) is 5.92 Å². The Morgan fingerprint density at radius 3 is 3.00 bits per heavy atom. The lowest BCUT2D eigenvalue weighted by Gasteiger charge is -2.15. The molecule has 1 aromatic carbocycles. The van der Waals surface area contributed by atoms with Gasteiger partial charge in [0.15, 0.2) is 0 Å². The highest BCUT2D eigenvalue weighted by atomic mass is 19.1. The molecular formula is C11H12FN3O. The number of rotatable bonds is 0. The fraction of sp³-hybridized carbons (Fsp3) is 0.364. The summed E-state index contributed by atoms with van der Waals surface area (Å²) in [5.74, 6) is -0.395. The highest BCUT2D eigenvalue weighted by molar-refractivity contribution is 5.98. The lowest BCUT2D eigenvalue weighted by molar-refractivity contribution is -0.119. The lowest BCUT2D eigenvalue weighted by atomic mass is 10.0. The number of fused-ring (bicyclic) bond motifs is 2. The Bertz CT molecular complexity index is 449. The van der Waals surface area contributed by atoms with Gasteiger partial charge in [0.1, 0.15) is 5.82 Å². The van der Waals surface area contributed by atoms with Crippen LogP contribution in [0.4, 0.5) is 15.8 Å². The van der Waals surface area contributed by atoms with Crippen LogP contribution in [0.15, 0.2) is 18.2 Å². The minimum atomic E-state index is -0.301. The Kier molecular flexibility index (Phi) is 2.07. The summed E-state index contributed by atoms with van der Waals surface area (Å²) < 4.78 is 13.1. The summed E-state index contributed by atoms with van der Waals surface area (Å²) in [6, 6.07) is 4.39. The first-order valence-electron chi connectivity index (χ1n) is 5.32. The van der Waals surface area contributed by atoms with Crippen molar-refractivity contribution in [2.45, 2.75) is 6.04 Å². The number of amides is 1. The average Bonchev–Trinajstić information content (AvgIpc) is 2.65. The van der Waals surface area contributed by atoms with Gasteiger partial charge in [-0.3, -0.25) is 4.79 Å². The summed E-state index contributed by atoms with van der Waals surface area (Å²) in [5, 5.41) is 9.17. The summed E-state index contributed by atoms with van der Waals surface area (Å²) in [7, 11) is 0. The molecule has 1 amide bonds. The van der Waals surface area contributed by atoms with Crippen LogP contribution in [0.2, 0.25) is 0 Å². The quantitative estimate of drug-likeness (QED) is 0.606. The summed E-state index contributed by atoms with van der Waals surface area (Å²) in [4.78, 5) is 11.9. The minimum absolute atomic E-state index is 0.00661. The van der Waals surface area contributed by atoms with Crippen molar-refractivity contribution in [1.29, 1.82) is 0 Å². The van der Waals surface area contributed by atoms with Crippen LogP contribution in [-0.4, -0.2) is 25.0 Å². The van der Waals surface area contributed by atoms with Crippen molar-refractivity contribution in [3.8, 4) is 0 Å². The first kappa shape index (κ1) is 9.59. The molecule has 0 aliphatic carbocycles. The van der Waals surface area contributed by atoms with Crippen LogP contribution in [0.5, 0.6) is 0 Å². The molecule has 1 fully saturated rings. The molecular weight excluding hydrogens is 209 g/mol. The van der Waals surface area contributed by atoms with Gasteiger partial charge >= 0.3 is 0 Å². The molecule has 16 heavy (non-hydrogen) atoms. The number of hydrogen-bond donors (Lipinski definition) is 3. The molecule has 0 radical (unpaired) electrons.